The standard InChI is InChI=1S/C33H46N6O2/c1-24-3-2-4-28(19-24)32(41)36-33-35-30-20-27(7-10-31(30)39(33)29-8-5-26(23-40)6-9-29)22-38-17-15-37(16-18-38)21-25-11-13-34-14-12-25/h2-4,7,10,19-20,25-26,29,34,40H,5-6,8-9,11-18,21-23H2,1H3,(H,35,36,41). The Bertz CT molecular complexity index is 1320. The fraction of sp³-hybridized carbons (Fsp3) is 0.576. The van der Waals surface area contributed by atoms with E-state index in [1.165, 1.54) is 38.0 Å². The average Bonchev–Trinajstić information content (AvgIpc) is 3.35. The highest BCUT2D eigenvalue weighted by molar-refractivity contribution is 6.04. The number of amides is 1. The maximum Gasteiger partial charge on any atom is 0.257 e. The van der Waals surface area contributed by atoms with Crippen molar-refractivity contribution in [2.45, 2.75) is 58.0 Å². The molecule has 2 saturated heterocycles. The first-order chi connectivity index (χ1) is 20.1. The molecule has 8 heteroatoms. The fourth-order valence-corrected chi connectivity index (χ4v) is 7.06. The van der Waals surface area contributed by atoms with Gasteiger partial charge in [0.2, 0.25) is 5.95 Å². The molecule has 3 fully saturated rings. The predicted octanol–water partition coefficient (Wildman–Crippen LogP) is 4.44. The summed E-state index contributed by atoms with van der Waals surface area (Å²) in [7, 11) is 0. The Balaban J connectivity index is 1.17. The van der Waals surface area contributed by atoms with E-state index in [0.29, 0.717) is 17.4 Å². The average molecular weight is 559 g/mol. The van der Waals surface area contributed by atoms with Gasteiger partial charge in [-0.3, -0.25) is 15.0 Å². The van der Waals surface area contributed by atoms with Gasteiger partial charge in [-0.25, -0.2) is 4.98 Å². The number of benzene rings is 2. The van der Waals surface area contributed by atoms with E-state index < -0.39 is 0 Å². The van der Waals surface area contributed by atoms with Crippen LogP contribution in [0.15, 0.2) is 42.5 Å². The number of piperazine rings is 1. The molecule has 0 radical (unpaired) electrons. The molecule has 3 heterocycles. The quantitative estimate of drug-likeness (QED) is 0.379. The Kier molecular flexibility index (Phi) is 9.01. The second-order valence-electron chi connectivity index (χ2n) is 12.6. The van der Waals surface area contributed by atoms with Crippen molar-refractivity contribution in [1.29, 1.82) is 0 Å². The lowest BCUT2D eigenvalue weighted by molar-refractivity contribution is 0.102. The minimum absolute atomic E-state index is 0.128. The van der Waals surface area contributed by atoms with E-state index in [-0.39, 0.29) is 18.6 Å². The summed E-state index contributed by atoms with van der Waals surface area (Å²) in [6, 6.07) is 14.6. The van der Waals surface area contributed by atoms with Gasteiger partial charge in [-0.05, 0) is 100 Å². The van der Waals surface area contributed by atoms with E-state index >= 15 is 0 Å². The van der Waals surface area contributed by atoms with Crippen LogP contribution in [0.3, 0.4) is 0 Å². The van der Waals surface area contributed by atoms with Gasteiger partial charge in [-0.15, -0.1) is 0 Å². The number of rotatable bonds is 8. The van der Waals surface area contributed by atoms with Crippen molar-refractivity contribution in [3.63, 3.8) is 0 Å². The van der Waals surface area contributed by atoms with Gasteiger partial charge < -0.3 is 19.9 Å². The zero-order chi connectivity index (χ0) is 28.2. The van der Waals surface area contributed by atoms with E-state index in [4.69, 9.17) is 4.98 Å². The summed E-state index contributed by atoms with van der Waals surface area (Å²) in [5, 5.41) is 16.3. The van der Waals surface area contributed by atoms with E-state index in [1.807, 2.05) is 31.2 Å². The number of anilines is 1. The third-order valence-electron chi connectivity index (χ3n) is 9.55. The minimum atomic E-state index is -0.128. The fourth-order valence-electron chi connectivity index (χ4n) is 7.06. The van der Waals surface area contributed by atoms with Crippen LogP contribution in [0.25, 0.3) is 11.0 Å². The molecule has 3 aliphatic rings. The van der Waals surface area contributed by atoms with E-state index in [0.717, 1.165) is 80.9 Å². The van der Waals surface area contributed by atoms with Gasteiger partial charge in [0.1, 0.15) is 0 Å². The number of aromatic nitrogens is 2. The summed E-state index contributed by atoms with van der Waals surface area (Å²) in [6.45, 7) is 11.3. The van der Waals surface area contributed by atoms with Crippen molar-refractivity contribution in [2.24, 2.45) is 11.8 Å². The largest absolute Gasteiger partial charge is 0.396 e. The molecule has 2 aliphatic heterocycles. The molecule has 3 aromatic rings. The lowest BCUT2D eigenvalue weighted by Gasteiger charge is -2.37. The first kappa shape index (κ1) is 28.3. The van der Waals surface area contributed by atoms with Crippen LogP contribution < -0.4 is 10.6 Å². The number of imidazole rings is 1. The number of fused-ring (bicyclic) bond motifs is 1. The third-order valence-corrected chi connectivity index (χ3v) is 9.55. The number of piperidine rings is 1. The van der Waals surface area contributed by atoms with Crippen molar-refractivity contribution in [3.05, 3.63) is 59.2 Å². The first-order valence-electron chi connectivity index (χ1n) is 15.7. The van der Waals surface area contributed by atoms with Crippen LogP contribution in [-0.2, 0) is 6.54 Å². The number of carbonyl (C=O) groups is 1. The monoisotopic (exact) mass is 558 g/mol. The molecule has 1 amide bonds. The molecular formula is C33H46N6O2. The molecule has 1 aromatic heterocycles. The van der Waals surface area contributed by atoms with Gasteiger partial charge in [0, 0.05) is 57.5 Å². The van der Waals surface area contributed by atoms with Gasteiger partial charge in [0.15, 0.2) is 0 Å². The number of nitrogens with zero attached hydrogens (tertiary/aromatic N) is 4. The molecular weight excluding hydrogens is 512 g/mol. The Morgan fingerprint density at radius 3 is 2.44 bits per heavy atom. The van der Waals surface area contributed by atoms with Crippen molar-refractivity contribution in [1.82, 2.24) is 24.7 Å². The molecule has 0 bridgehead atoms. The number of aliphatic hydroxyl groups is 1. The Morgan fingerprint density at radius 1 is 0.951 bits per heavy atom. The van der Waals surface area contributed by atoms with Gasteiger partial charge in [0.25, 0.3) is 5.91 Å². The van der Waals surface area contributed by atoms with Gasteiger partial charge in [0.05, 0.1) is 11.0 Å². The van der Waals surface area contributed by atoms with Crippen molar-refractivity contribution < 1.29 is 9.90 Å². The summed E-state index contributed by atoms with van der Waals surface area (Å²) in [6.07, 6.45) is 6.56. The number of nitrogens with one attached hydrogen (secondary N) is 2. The highest BCUT2D eigenvalue weighted by atomic mass is 16.3. The summed E-state index contributed by atoms with van der Waals surface area (Å²) < 4.78 is 2.25. The molecule has 3 N–H and O–H groups in total. The van der Waals surface area contributed by atoms with Gasteiger partial charge >= 0.3 is 0 Å². The van der Waals surface area contributed by atoms with Gasteiger partial charge in [-0.1, -0.05) is 23.8 Å². The van der Waals surface area contributed by atoms with Gasteiger partial charge in [-0.2, -0.15) is 0 Å². The maximum absolute atomic E-state index is 13.2. The van der Waals surface area contributed by atoms with Crippen LogP contribution in [0, 0.1) is 18.8 Å². The highest BCUT2D eigenvalue weighted by Gasteiger charge is 2.27. The number of hydrogen-bond donors (Lipinski definition) is 3. The van der Waals surface area contributed by atoms with E-state index in [9.17, 15) is 9.90 Å². The summed E-state index contributed by atoms with van der Waals surface area (Å²) >= 11 is 0. The Labute approximate surface area is 244 Å². The molecule has 0 atom stereocenters. The molecule has 1 aliphatic carbocycles. The van der Waals surface area contributed by atoms with E-state index in [1.54, 1.807) is 0 Å². The lowest BCUT2D eigenvalue weighted by atomic mass is 9.86. The summed E-state index contributed by atoms with van der Waals surface area (Å²) in [4.78, 5) is 23.5. The van der Waals surface area contributed by atoms with Crippen LogP contribution in [0.5, 0.6) is 0 Å². The molecule has 1 saturated carbocycles. The number of aliphatic hydroxyl groups excluding tert-OH is 1. The maximum atomic E-state index is 13.2. The first-order valence-corrected chi connectivity index (χ1v) is 15.7. The topological polar surface area (TPSA) is 85.7 Å². The molecule has 220 valence electrons. The number of aryl methyl sites for hydroxylation is 1. The minimum Gasteiger partial charge on any atom is -0.396 e. The van der Waals surface area contributed by atoms with Crippen LogP contribution in [0.1, 0.15) is 66.1 Å². The van der Waals surface area contributed by atoms with Crippen molar-refractivity contribution in [3.8, 4) is 0 Å². The second-order valence-corrected chi connectivity index (χ2v) is 12.6. The van der Waals surface area contributed by atoms with Crippen LogP contribution >= 0.6 is 0 Å². The number of carbonyl (C=O) groups excluding carboxylic acids is 1. The van der Waals surface area contributed by atoms with Crippen molar-refractivity contribution in [2.75, 3.05) is 57.7 Å². The lowest BCUT2D eigenvalue weighted by Crippen LogP contribution is -2.48. The predicted molar refractivity (Wildman–Crippen MR) is 164 cm³/mol. The molecule has 6 rings (SSSR count). The zero-order valence-corrected chi connectivity index (χ0v) is 24.5. The molecule has 8 nitrogen and oxygen atoms in total. The molecule has 0 unspecified atom stereocenters. The number of hydrogen-bond acceptors (Lipinski definition) is 6. The van der Waals surface area contributed by atoms with E-state index in [2.05, 4.69) is 43.2 Å². The van der Waals surface area contributed by atoms with Crippen molar-refractivity contribution >= 4 is 22.9 Å². The molecule has 2 aromatic carbocycles. The highest BCUT2D eigenvalue weighted by Crippen LogP contribution is 2.37. The smallest absolute Gasteiger partial charge is 0.257 e. The SMILES string of the molecule is Cc1cccc(C(=O)Nc2nc3cc(CN4CCN(CC5CCNCC5)CC4)ccc3n2C2CCC(CO)CC2)c1. The normalized spacial score (nSPS) is 23.2. The summed E-state index contributed by atoms with van der Waals surface area (Å²) in [5.41, 5.74) is 5.00. The Hall–Kier alpha value is -2.78. The van der Waals surface area contributed by atoms with Crippen LogP contribution in [0.4, 0.5) is 5.95 Å². The molecule has 41 heavy (non-hydrogen) atoms. The molecule has 0 spiro atoms. The summed E-state index contributed by atoms with van der Waals surface area (Å²) in [5.74, 6) is 1.72. The second kappa shape index (κ2) is 13.0. The third kappa shape index (κ3) is 6.83. The Morgan fingerprint density at radius 2 is 1.71 bits per heavy atom. The zero-order valence-electron chi connectivity index (χ0n) is 24.5. The van der Waals surface area contributed by atoms with Crippen LogP contribution in [0.2, 0.25) is 0 Å². The van der Waals surface area contributed by atoms with Crippen LogP contribution in [-0.4, -0.2) is 82.8 Å².